The topological polar surface area (TPSA) is 26.3 Å². The third-order valence-corrected chi connectivity index (χ3v) is 4.49. The molecular weight excluding hydrogens is 224 g/mol. The molecule has 18 heavy (non-hydrogen) atoms. The van der Waals surface area contributed by atoms with E-state index in [4.69, 9.17) is 4.74 Å². The molecule has 108 valence electrons. The van der Waals surface area contributed by atoms with Gasteiger partial charge in [-0.15, -0.1) is 0 Å². The summed E-state index contributed by atoms with van der Waals surface area (Å²) in [6, 6.07) is 0. The molecule has 0 radical (unpaired) electrons. The van der Waals surface area contributed by atoms with Crippen molar-refractivity contribution in [1.82, 2.24) is 0 Å². The van der Waals surface area contributed by atoms with Gasteiger partial charge in [0.2, 0.25) is 0 Å². The van der Waals surface area contributed by atoms with Crippen LogP contribution in [0.2, 0.25) is 0 Å². The maximum atomic E-state index is 12.1. The zero-order chi connectivity index (χ0) is 14.1. The van der Waals surface area contributed by atoms with Crippen LogP contribution in [-0.2, 0) is 9.53 Å². The van der Waals surface area contributed by atoms with Crippen LogP contribution in [0.1, 0.15) is 67.2 Å². The highest BCUT2D eigenvalue weighted by Crippen LogP contribution is 2.23. The third-order valence-electron chi connectivity index (χ3n) is 4.49. The van der Waals surface area contributed by atoms with E-state index in [1.807, 2.05) is 0 Å². The lowest BCUT2D eigenvalue weighted by Gasteiger charge is -2.24. The highest BCUT2D eigenvalue weighted by atomic mass is 16.5. The van der Waals surface area contributed by atoms with Gasteiger partial charge < -0.3 is 4.74 Å². The van der Waals surface area contributed by atoms with E-state index in [-0.39, 0.29) is 11.9 Å². The molecule has 0 aliphatic carbocycles. The van der Waals surface area contributed by atoms with Gasteiger partial charge in [0, 0.05) is 0 Å². The van der Waals surface area contributed by atoms with E-state index in [0.29, 0.717) is 24.4 Å². The lowest BCUT2D eigenvalue weighted by atomic mass is 9.89. The van der Waals surface area contributed by atoms with Crippen molar-refractivity contribution in [2.24, 2.45) is 23.7 Å². The predicted octanol–water partition coefficient (Wildman–Crippen LogP) is 4.67. The Morgan fingerprint density at radius 2 is 1.44 bits per heavy atom. The Morgan fingerprint density at radius 1 is 0.889 bits per heavy atom. The van der Waals surface area contributed by atoms with Crippen molar-refractivity contribution >= 4 is 5.97 Å². The minimum atomic E-state index is 0.00797. The first-order valence-corrected chi connectivity index (χ1v) is 7.68. The number of hydrogen-bond acceptors (Lipinski definition) is 2. The molecule has 0 aromatic rings. The molecule has 4 atom stereocenters. The number of carbonyl (C=O) groups excluding carboxylic acids is 1. The number of carbonyl (C=O) groups is 1. The second-order valence-corrected chi connectivity index (χ2v) is 5.58. The molecule has 0 aromatic heterocycles. The molecule has 0 aliphatic rings. The monoisotopic (exact) mass is 256 g/mol. The smallest absolute Gasteiger partial charge is 0.309 e. The molecule has 0 rings (SSSR count). The Bertz CT molecular complexity index is 225. The van der Waals surface area contributed by atoms with E-state index in [9.17, 15) is 4.79 Å². The van der Waals surface area contributed by atoms with E-state index >= 15 is 0 Å². The minimum Gasteiger partial charge on any atom is -0.465 e. The molecule has 4 unspecified atom stereocenters. The quantitative estimate of drug-likeness (QED) is 0.560. The van der Waals surface area contributed by atoms with Gasteiger partial charge in [-0.2, -0.15) is 0 Å². The van der Waals surface area contributed by atoms with Crippen LogP contribution >= 0.6 is 0 Å². The van der Waals surface area contributed by atoms with Gasteiger partial charge in [0.1, 0.15) is 0 Å². The van der Waals surface area contributed by atoms with Crippen molar-refractivity contribution in [3.05, 3.63) is 0 Å². The summed E-state index contributed by atoms with van der Waals surface area (Å²) in [4.78, 5) is 12.1. The summed E-state index contributed by atoms with van der Waals surface area (Å²) in [5, 5.41) is 0. The molecule has 0 heterocycles. The Balaban J connectivity index is 4.29. The fourth-order valence-electron chi connectivity index (χ4n) is 2.40. The lowest BCUT2D eigenvalue weighted by molar-refractivity contribution is -0.152. The highest BCUT2D eigenvalue weighted by Gasteiger charge is 2.25. The Morgan fingerprint density at radius 3 is 1.83 bits per heavy atom. The van der Waals surface area contributed by atoms with Crippen LogP contribution in [0.4, 0.5) is 0 Å². The summed E-state index contributed by atoms with van der Waals surface area (Å²) in [5.74, 6) is 1.64. The molecule has 0 saturated carbocycles. The first-order valence-electron chi connectivity index (χ1n) is 7.68. The van der Waals surface area contributed by atoms with Crippen LogP contribution in [0, 0.1) is 23.7 Å². The van der Waals surface area contributed by atoms with Crippen LogP contribution in [0.15, 0.2) is 0 Å². The Labute approximate surface area is 113 Å². The Hall–Kier alpha value is -0.530. The van der Waals surface area contributed by atoms with Gasteiger partial charge in [-0.05, 0) is 30.6 Å². The van der Waals surface area contributed by atoms with Crippen molar-refractivity contribution in [2.75, 3.05) is 6.61 Å². The van der Waals surface area contributed by atoms with Crippen LogP contribution in [0.3, 0.4) is 0 Å². The summed E-state index contributed by atoms with van der Waals surface area (Å²) >= 11 is 0. The average molecular weight is 256 g/mol. The zero-order valence-electron chi connectivity index (χ0n) is 13.2. The summed E-state index contributed by atoms with van der Waals surface area (Å²) in [6.07, 6.45) is 4.16. The molecule has 2 heteroatoms. The Kier molecular flexibility index (Phi) is 9.13. The summed E-state index contributed by atoms with van der Waals surface area (Å²) < 4.78 is 5.56. The maximum Gasteiger partial charge on any atom is 0.309 e. The largest absolute Gasteiger partial charge is 0.465 e. The molecule has 0 N–H and O–H groups in total. The van der Waals surface area contributed by atoms with Crippen molar-refractivity contribution in [3.8, 4) is 0 Å². The maximum absolute atomic E-state index is 12.1. The second kappa shape index (κ2) is 9.41. The van der Waals surface area contributed by atoms with Gasteiger partial charge in [0.05, 0.1) is 12.5 Å². The van der Waals surface area contributed by atoms with Crippen LogP contribution < -0.4 is 0 Å². The third kappa shape index (κ3) is 5.41. The molecule has 0 saturated heterocycles. The fraction of sp³-hybridized carbons (Fsp3) is 0.938. The van der Waals surface area contributed by atoms with Crippen molar-refractivity contribution in [3.63, 3.8) is 0 Å². The van der Waals surface area contributed by atoms with Gasteiger partial charge in [0.25, 0.3) is 0 Å². The van der Waals surface area contributed by atoms with E-state index in [1.165, 1.54) is 0 Å². The van der Waals surface area contributed by atoms with Gasteiger partial charge in [0.15, 0.2) is 0 Å². The van der Waals surface area contributed by atoms with Crippen LogP contribution in [0.5, 0.6) is 0 Å². The summed E-state index contributed by atoms with van der Waals surface area (Å²) in [6.45, 7) is 13.6. The van der Waals surface area contributed by atoms with Crippen LogP contribution in [-0.4, -0.2) is 12.6 Å². The second-order valence-electron chi connectivity index (χ2n) is 5.58. The van der Waals surface area contributed by atoms with Crippen LogP contribution in [0.25, 0.3) is 0 Å². The number of esters is 1. The molecule has 0 spiro atoms. The van der Waals surface area contributed by atoms with Crippen molar-refractivity contribution < 1.29 is 9.53 Å². The van der Waals surface area contributed by atoms with E-state index in [1.54, 1.807) is 0 Å². The van der Waals surface area contributed by atoms with E-state index in [2.05, 4.69) is 41.5 Å². The molecule has 2 nitrogen and oxygen atoms in total. The standard InChI is InChI=1S/C16H32O2/c1-7-12(5)14(9-3)11-18-16(17)15(10-4)13(6)8-2/h12-15H,7-11H2,1-6H3. The molecule has 0 amide bonds. The SMILES string of the molecule is CCC(C)C(CC)COC(=O)C(CC)C(C)CC. The fourth-order valence-corrected chi connectivity index (χ4v) is 2.40. The van der Waals surface area contributed by atoms with Crippen molar-refractivity contribution in [1.29, 1.82) is 0 Å². The molecule has 0 aromatic carbocycles. The molecular formula is C16H32O2. The first-order chi connectivity index (χ1) is 8.51. The zero-order valence-corrected chi connectivity index (χ0v) is 13.2. The minimum absolute atomic E-state index is 0.00797. The number of ether oxygens (including phenoxy) is 1. The van der Waals surface area contributed by atoms with Gasteiger partial charge in [-0.25, -0.2) is 0 Å². The summed E-state index contributed by atoms with van der Waals surface area (Å²) in [7, 11) is 0. The van der Waals surface area contributed by atoms with E-state index in [0.717, 1.165) is 25.7 Å². The predicted molar refractivity (Wildman–Crippen MR) is 77.4 cm³/mol. The number of hydrogen-bond donors (Lipinski definition) is 0. The van der Waals surface area contributed by atoms with E-state index < -0.39 is 0 Å². The van der Waals surface area contributed by atoms with Gasteiger partial charge in [-0.3, -0.25) is 4.79 Å². The first kappa shape index (κ1) is 17.5. The number of rotatable bonds is 9. The highest BCUT2D eigenvalue weighted by molar-refractivity contribution is 5.72. The van der Waals surface area contributed by atoms with Crippen molar-refractivity contribution in [2.45, 2.75) is 67.2 Å². The molecule has 0 fully saturated rings. The normalized spacial score (nSPS) is 17.9. The average Bonchev–Trinajstić information content (AvgIpc) is 2.39. The molecule has 0 aliphatic heterocycles. The summed E-state index contributed by atoms with van der Waals surface area (Å²) in [5.41, 5.74) is 0. The molecule has 0 bridgehead atoms. The lowest BCUT2D eigenvalue weighted by Crippen LogP contribution is -2.27. The van der Waals surface area contributed by atoms with Gasteiger partial charge >= 0.3 is 5.97 Å². The van der Waals surface area contributed by atoms with Gasteiger partial charge in [-0.1, -0.05) is 54.4 Å².